The number of nitrogens with zero attached hydrogens (tertiary/aromatic N) is 7. The van der Waals surface area contributed by atoms with Crippen LogP contribution in [-0.2, 0) is 17.7 Å². The number of rotatable bonds is 6. The third kappa shape index (κ3) is 3.48. The number of imidazole rings is 1. The smallest absolute Gasteiger partial charge is 0.254 e. The maximum atomic E-state index is 5.57. The largest absolute Gasteiger partial charge is 0.479 e. The van der Waals surface area contributed by atoms with Crippen molar-refractivity contribution in [3.05, 3.63) is 42.4 Å². The van der Waals surface area contributed by atoms with Gasteiger partial charge in [0, 0.05) is 32.3 Å². The third-order valence-electron chi connectivity index (χ3n) is 5.75. The molecule has 32 heavy (non-hydrogen) atoms. The molecule has 0 spiro atoms. The van der Waals surface area contributed by atoms with Crippen LogP contribution in [0, 0.1) is 0 Å². The number of hydrogen-bond acceptors (Lipinski definition) is 7. The first kappa shape index (κ1) is 20.4. The summed E-state index contributed by atoms with van der Waals surface area (Å²) < 4.78 is 15.0. The normalized spacial score (nSPS) is 14.3. The van der Waals surface area contributed by atoms with E-state index >= 15 is 0 Å². The van der Waals surface area contributed by atoms with Crippen LogP contribution in [0.2, 0.25) is 0 Å². The van der Waals surface area contributed by atoms with E-state index in [9.17, 15) is 0 Å². The number of methoxy groups -OCH3 is 1. The van der Waals surface area contributed by atoms with Crippen LogP contribution >= 0.6 is 0 Å². The Balaban J connectivity index is 1.70. The van der Waals surface area contributed by atoms with Crippen molar-refractivity contribution in [1.29, 1.82) is 0 Å². The van der Waals surface area contributed by atoms with E-state index in [1.807, 2.05) is 36.5 Å². The molecule has 1 aromatic carbocycles. The molecular formula is C23H27N7O2. The van der Waals surface area contributed by atoms with E-state index < -0.39 is 0 Å². The zero-order chi connectivity index (χ0) is 22.1. The number of benzene rings is 1. The molecule has 0 bridgehead atoms. The number of aryl methyl sites for hydroxylation is 2. The van der Waals surface area contributed by atoms with Crippen molar-refractivity contribution >= 4 is 17.0 Å². The minimum Gasteiger partial charge on any atom is -0.479 e. The van der Waals surface area contributed by atoms with Crippen LogP contribution in [0.25, 0.3) is 28.2 Å². The molecule has 0 atom stereocenters. The van der Waals surface area contributed by atoms with Gasteiger partial charge in [0.05, 0.1) is 25.9 Å². The van der Waals surface area contributed by atoms with Crippen LogP contribution < -0.4 is 9.64 Å². The van der Waals surface area contributed by atoms with Crippen LogP contribution in [0.5, 0.6) is 5.88 Å². The monoisotopic (exact) mass is 433 g/mol. The van der Waals surface area contributed by atoms with Gasteiger partial charge in [-0.05, 0) is 12.5 Å². The standard InChI is InChI=1S/C23H27N7O2/c1-4-18-24-19-20(28-11-13-32-14-12-28)25-23(26-21(19)29(18)5-2)30-15-17(22(27-30)31-3)16-9-7-6-8-10-16/h6-10,15H,4-5,11-14H2,1-3H3. The van der Waals surface area contributed by atoms with Gasteiger partial charge < -0.3 is 18.9 Å². The molecule has 166 valence electrons. The minimum atomic E-state index is 0.497. The number of fused-ring (bicyclic) bond motifs is 1. The van der Waals surface area contributed by atoms with Crippen molar-refractivity contribution < 1.29 is 9.47 Å². The SMILES string of the molecule is CCc1nc2c(N3CCOCC3)nc(-n3cc(-c4ccccc4)c(OC)n3)nc2n1CC. The van der Waals surface area contributed by atoms with Gasteiger partial charge in [-0.25, -0.2) is 9.67 Å². The molecule has 0 aliphatic carbocycles. The molecule has 0 amide bonds. The number of aromatic nitrogens is 6. The highest BCUT2D eigenvalue weighted by molar-refractivity contribution is 5.85. The summed E-state index contributed by atoms with van der Waals surface area (Å²) in [6, 6.07) is 10.1. The topological polar surface area (TPSA) is 83.1 Å². The number of morpholine rings is 1. The van der Waals surface area contributed by atoms with E-state index in [1.165, 1.54) is 0 Å². The van der Waals surface area contributed by atoms with Crippen molar-refractivity contribution in [1.82, 2.24) is 29.3 Å². The highest BCUT2D eigenvalue weighted by atomic mass is 16.5. The molecule has 0 unspecified atom stereocenters. The lowest BCUT2D eigenvalue weighted by Crippen LogP contribution is -2.37. The Bertz CT molecular complexity index is 1230. The molecule has 4 aromatic rings. The Labute approximate surface area is 186 Å². The van der Waals surface area contributed by atoms with E-state index in [-0.39, 0.29) is 0 Å². The lowest BCUT2D eigenvalue weighted by atomic mass is 10.1. The van der Waals surface area contributed by atoms with Gasteiger partial charge in [-0.3, -0.25) is 0 Å². The summed E-state index contributed by atoms with van der Waals surface area (Å²) >= 11 is 0. The Kier molecular flexibility index (Phi) is 5.48. The third-order valence-corrected chi connectivity index (χ3v) is 5.75. The van der Waals surface area contributed by atoms with Crippen molar-refractivity contribution in [2.45, 2.75) is 26.8 Å². The molecule has 9 nitrogen and oxygen atoms in total. The first-order valence-corrected chi connectivity index (χ1v) is 11.0. The van der Waals surface area contributed by atoms with E-state index in [4.69, 9.17) is 24.4 Å². The Morgan fingerprint density at radius 3 is 2.50 bits per heavy atom. The molecule has 9 heteroatoms. The van der Waals surface area contributed by atoms with Gasteiger partial charge in [0.15, 0.2) is 17.0 Å². The van der Waals surface area contributed by atoms with Gasteiger partial charge in [-0.15, -0.1) is 5.10 Å². The van der Waals surface area contributed by atoms with Crippen molar-refractivity contribution in [2.24, 2.45) is 0 Å². The van der Waals surface area contributed by atoms with Crippen molar-refractivity contribution in [3.63, 3.8) is 0 Å². The fourth-order valence-electron chi connectivity index (χ4n) is 4.15. The summed E-state index contributed by atoms with van der Waals surface area (Å²) in [7, 11) is 1.63. The average molecular weight is 434 g/mol. The predicted molar refractivity (Wildman–Crippen MR) is 123 cm³/mol. The average Bonchev–Trinajstić information content (AvgIpc) is 3.45. The van der Waals surface area contributed by atoms with E-state index in [1.54, 1.807) is 11.8 Å². The second kappa shape index (κ2) is 8.58. The van der Waals surface area contributed by atoms with Crippen molar-refractivity contribution in [3.8, 4) is 23.0 Å². The zero-order valence-electron chi connectivity index (χ0n) is 18.7. The van der Waals surface area contributed by atoms with E-state index in [2.05, 4.69) is 28.4 Å². The van der Waals surface area contributed by atoms with Crippen LogP contribution in [0.4, 0.5) is 5.82 Å². The lowest BCUT2D eigenvalue weighted by molar-refractivity contribution is 0.122. The first-order chi connectivity index (χ1) is 15.7. The number of anilines is 1. The van der Waals surface area contributed by atoms with Gasteiger partial charge in [-0.2, -0.15) is 9.97 Å². The van der Waals surface area contributed by atoms with Crippen LogP contribution in [0.15, 0.2) is 36.5 Å². The van der Waals surface area contributed by atoms with Gasteiger partial charge in [-0.1, -0.05) is 37.3 Å². The second-order valence-electron chi connectivity index (χ2n) is 7.61. The highest BCUT2D eigenvalue weighted by Crippen LogP contribution is 2.31. The molecule has 4 heterocycles. The summed E-state index contributed by atoms with van der Waals surface area (Å²) in [5.74, 6) is 2.86. The summed E-state index contributed by atoms with van der Waals surface area (Å²) in [6.07, 6.45) is 2.75. The summed E-state index contributed by atoms with van der Waals surface area (Å²) in [6.45, 7) is 7.89. The van der Waals surface area contributed by atoms with Crippen molar-refractivity contribution in [2.75, 3.05) is 38.3 Å². The molecule has 0 radical (unpaired) electrons. The van der Waals surface area contributed by atoms with Gasteiger partial charge in [0.25, 0.3) is 5.95 Å². The van der Waals surface area contributed by atoms with Crippen LogP contribution in [0.1, 0.15) is 19.7 Å². The Morgan fingerprint density at radius 1 is 1.03 bits per heavy atom. The molecule has 0 saturated carbocycles. The first-order valence-electron chi connectivity index (χ1n) is 11.0. The molecule has 1 saturated heterocycles. The molecule has 1 aliphatic rings. The molecular weight excluding hydrogens is 406 g/mol. The number of hydrogen-bond donors (Lipinski definition) is 0. The van der Waals surface area contributed by atoms with E-state index in [0.29, 0.717) is 25.0 Å². The number of ether oxygens (including phenoxy) is 2. The minimum absolute atomic E-state index is 0.497. The van der Waals surface area contributed by atoms with Gasteiger partial charge >= 0.3 is 0 Å². The van der Waals surface area contributed by atoms with Crippen LogP contribution in [0.3, 0.4) is 0 Å². The molecule has 0 N–H and O–H groups in total. The zero-order valence-corrected chi connectivity index (χ0v) is 18.7. The lowest BCUT2D eigenvalue weighted by Gasteiger charge is -2.28. The Hall–Kier alpha value is -3.46. The van der Waals surface area contributed by atoms with Gasteiger partial charge in [0.1, 0.15) is 5.82 Å². The van der Waals surface area contributed by atoms with E-state index in [0.717, 1.165) is 60.0 Å². The second-order valence-corrected chi connectivity index (χ2v) is 7.61. The summed E-state index contributed by atoms with van der Waals surface area (Å²) in [5.41, 5.74) is 3.57. The summed E-state index contributed by atoms with van der Waals surface area (Å²) in [4.78, 5) is 17.0. The van der Waals surface area contributed by atoms with Gasteiger partial charge in [0.2, 0.25) is 5.88 Å². The fourth-order valence-corrected chi connectivity index (χ4v) is 4.15. The molecule has 3 aromatic heterocycles. The fraction of sp³-hybridized carbons (Fsp3) is 0.391. The highest BCUT2D eigenvalue weighted by Gasteiger charge is 2.24. The molecule has 5 rings (SSSR count). The molecule has 1 fully saturated rings. The quantitative estimate of drug-likeness (QED) is 0.462. The molecule has 1 aliphatic heterocycles. The maximum absolute atomic E-state index is 5.57. The van der Waals surface area contributed by atoms with Crippen LogP contribution in [-0.4, -0.2) is 62.7 Å². The Morgan fingerprint density at radius 2 is 1.81 bits per heavy atom. The summed E-state index contributed by atoms with van der Waals surface area (Å²) in [5, 5.41) is 4.65. The predicted octanol–water partition coefficient (Wildman–Crippen LogP) is 3.11. The maximum Gasteiger partial charge on any atom is 0.254 e.